The molecule has 13 heavy (non-hydrogen) atoms. The molecule has 0 saturated carbocycles. The Kier molecular flexibility index (Phi) is 8.74. The van der Waals surface area contributed by atoms with Crippen molar-refractivity contribution in [2.24, 2.45) is 0 Å². The van der Waals surface area contributed by atoms with Crippen LogP contribution in [0.15, 0.2) is 0 Å². The highest BCUT2D eigenvalue weighted by Crippen LogP contribution is 2.15. The molecule has 0 spiro atoms. The number of hydrogen-bond acceptors (Lipinski definition) is 5. The molecule has 0 aromatic rings. The van der Waals surface area contributed by atoms with Crippen molar-refractivity contribution in [3.8, 4) is 0 Å². The number of carbonyl (C=O) groups is 1. The number of carboxylic acid groups (broad SMARTS) is 1. The largest absolute Gasteiger partial charge is 0.479 e. The molecule has 0 rings (SSSR count). The van der Waals surface area contributed by atoms with Gasteiger partial charge in [0.1, 0.15) is 0 Å². The monoisotopic (exact) mass is 226 g/mol. The van der Waals surface area contributed by atoms with Gasteiger partial charge in [-0.3, -0.25) is 0 Å². The molecular weight excluding hydrogens is 212 g/mol. The van der Waals surface area contributed by atoms with E-state index in [1.807, 2.05) is 6.26 Å². The van der Waals surface area contributed by atoms with Gasteiger partial charge in [0.2, 0.25) is 0 Å². The fraction of sp³-hybridized carbons (Fsp3) is 0.857. The van der Waals surface area contributed by atoms with Gasteiger partial charge in [0, 0.05) is 12.9 Å². The maximum absolute atomic E-state index is 10.4. The number of hydrogen-bond donors (Lipinski definition) is 1. The molecule has 6 heteroatoms. The molecule has 0 aromatic heterocycles. The molecule has 1 atom stereocenters. The summed E-state index contributed by atoms with van der Waals surface area (Å²) >= 11 is 0. The predicted molar refractivity (Wildman–Crippen MR) is 55.2 cm³/mol. The van der Waals surface area contributed by atoms with Gasteiger partial charge >= 0.3 is 5.97 Å². The topological polar surface area (TPSA) is 55.8 Å². The van der Waals surface area contributed by atoms with Crippen LogP contribution >= 0.6 is 21.6 Å². The first kappa shape index (κ1) is 13.1. The first-order chi connectivity index (χ1) is 6.22. The summed E-state index contributed by atoms with van der Waals surface area (Å²) in [7, 11) is 4.70. The van der Waals surface area contributed by atoms with E-state index in [1.165, 1.54) is 7.11 Å². The van der Waals surface area contributed by atoms with E-state index < -0.39 is 12.1 Å². The summed E-state index contributed by atoms with van der Waals surface area (Å²) < 4.78 is 9.79. The van der Waals surface area contributed by atoms with Gasteiger partial charge in [0.25, 0.3) is 0 Å². The molecule has 0 saturated heterocycles. The lowest BCUT2D eigenvalue weighted by molar-refractivity contribution is -0.152. The summed E-state index contributed by atoms with van der Waals surface area (Å²) in [4.78, 5) is 10.4. The molecule has 0 bridgehead atoms. The second-order valence-electron chi connectivity index (χ2n) is 2.13. The van der Waals surface area contributed by atoms with Gasteiger partial charge in [0.15, 0.2) is 6.10 Å². The quantitative estimate of drug-likeness (QED) is 0.494. The molecule has 0 aromatic carbocycles. The van der Waals surface area contributed by atoms with Crippen LogP contribution in [0.2, 0.25) is 0 Å². The highest BCUT2D eigenvalue weighted by molar-refractivity contribution is 8.76. The molecule has 0 aliphatic heterocycles. The molecule has 0 fully saturated rings. The molecule has 78 valence electrons. The van der Waals surface area contributed by atoms with Crippen LogP contribution in [-0.2, 0) is 14.3 Å². The van der Waals surface area contributed by atoms with E-state index in [4.69, 9.17) is 9.84 Å². The zero-order chi connectivity index (χ0) is 10.1. The van der Waals surface area contributed by atoms with Crippen LogP contribution in [0.3, 0.4) is 0 Å². The van der Waals surface area contributed by atoms with Gasteiger partial charge in [-0.1, -0.05) is 21.6 Å². The first-order valence-electron chi connectivity index (χ1n) is 3.71. The highest BCUT2D eigenvalue weighted by atomic mass is 33.1. The van der Waals surface area contributed by atoms with E-state index in [2.05, 4.69) is 4.74 Å². The highest BCUT2D eigenvalue weighted by Gasteiger charge is 2.15. The van der Waals surface area contributed by atoms with Gasteiger partial charge < -0.3 is 14.6 Å². The number of methoxy groups -OCH3 is 1. The third-order valence-electron chi connectivity index (χ3n) is 1.26. The maximum Gasteiger partial charge on any atom is 0.335 e. The van der Waals surface area contributed by atoms with Gasteiger partial charge in [-0.2, -0.15) is 0 Å². The summed E-state index contributed by atoms with van der Waals surface area (Å²) in [5.74, 6) is -0.128. The molecule has 1 N–H and O–H groups in total. The van der Waals surface area contributed by atoms with Crippen LogP contribution in [0, 0.1) is 0 Å². The van der Waals surface area contributed by atoms with Crippen molar-refractivity contribution in [2.75, 3.05) is 32.3 Å². The number of carboxylic acids is 1. The lowest BCUT2D eigenvalue weighted by atomic mass is 10.4. The zero-order valence-electron chi connectivity index (χ0n) is 7.69. The minimum atomic E-state index is -0.986. The molecule has 1 unspecified atom stereocenters. The van der Waals surface area contributed by atoms with Gasteiger partial charge in [0.05, 0.1) is 13.2 Å². The van der Waals surface area contributed by atoms with Crippen LogP contribution in [0.25, 0.3) is 0 Å². The van der Waals surface area contributed by atoms with E-state index in [0.29, 0.717) is 6.61 Å². The molecule has 4 nitrogen and oxygen atoms in total. The Morgan fingerprint density at radius 1 is 1.62 bits per heavy atom. The molecule has 0 radical (unpaired) electrons. The summed E-state index contributed by atoms with van der Waals surface area (Å²) in [6.45, 7) is 0.666. The summed E-state index contributed by atoms with van der Waals surface area (Å²) in [5, 5.41) is 8.56. The Balaban J connectivity index is 3.33. The predicted octanol–water partition coefficient (Wildman–Crippen LogP) is 1.11. The van der Waals surface area contributed by atoms with Crippen molar-refractivity contribution >= 4 is 27.6 Å². The second kappa shape index (κ2) is 8.68. The lowest BCUT2D eigenvalue weighted by Gasteiger charge is -2.10. The summed E-state index contributed by atoms with van der Waals surface area (Å²) in [6, 6.07) is 0. The zero-order valence-corrected chi connectivity index (χ0v) is 9.32. The fourth-order valence-corrected chi connectivity index (χ4v) is 1.66. The van der Waals surface area contributed by atoms with Gasteiger partial charge in [-0.05, 0) is 6.26 Å². The number of rotatable bonds is 8. The number of aliphatic carboxylic acids is 1. The van der Waals surface area contributed by atoms with Crippen molar-refractivity contribution in [2.45, 2.75) is 6.10 Å². The Morgan fingerprint density at radius 3 is 2.77 bits per heavy atom. The van der Waals surface area contributed by atoms with Crippen LogP contribution in [0.4, 0.5) is 0 Å². The third-order valence-corrected chi connectivity index (χ3v) is 3.03. The Hall–Kier alpha value is 0.0900. The van der Waals surface area contributed by atoms with Crippen molar-refractivity contribution in [1.82, 2.24) is 0 Å². The van der Waals surface area contributed by atoms with Crippen LogP contribution in [0.1, 0.15) is 0 Å². The van der Waals surface area contributed by atoms with Crippen molar-refractivity contribution in [3.05, 3.63) is 0 Å². The third kappa shape index (κ3) is 7.18. The van der Waals surface area contributed by atoms with Gasteiger partial charge in [-0.25, -0.2) is 4.79 Å². The van der Waals surface area contributed by atoms with Gasteiger partial charge in [-0.15, -0.1) is 0 Å². The minimum Gasteiger partial charge on any atom is -0.479 e. The van der Waals surface area contributed by atoms with E-state index in [0.717, 1.165) is 5.75 Å². The van der Waals surface area contributed by atoms with Crippen molar-refractivity contribution in [1.29, 1.82) is 0 Å². The average molecular weight is 226 g/mol. The molecule has 0 amide bonds. The van der Waals surface area contributed by atoms with Crippen LogP contribution in [0.5, 0.6) is 0 Å². The molecule has 0 aliphatic rings. The Labute approximate surface area is 85.8 Å². The average Bonchev–Trinajstić information content (AvgIpc) is 2.10. The Morgan fingerprint density at radius 2 is 2.31 bits per heavy atom. The summed E-state index contributed by atoms with van der Waals surface area (Å²) in [5.41, 5.74) is 0. The van der Waals surface area contributed by atoms with E-state index in [1.54, 1.807) is 21.6 Å². The molecule has 0 aliphatic carbocycles. The van der Waals surface area contributed by atoms with Crippen LogP contribution < -0.4 is 0 Å². The van der Waals surface area contributed by atoms with E-state index in [9.17, 15) is 4.79 Å². The van der Waals surface area contributed by atoms with Crippen molar-refractivity contribution in [3.63, 3.8) is 0 Å². The normalized spacial score (nSPS) is 12.8. The maximum atomic E-state index is 10.4. The van der Waals surface area contributed by atoms with E-state index >= 15 is 0 Å². The minimum absolute atomic E-state index is 0.112. The summed E-state index contributed by atoms with van der Waals surface area (Å²) in [6.07, 6.45) is 1.14. The van der Waals surface area contributed by atoms with Crippen molar-refractivity contribution < 1.29 is 19.4 Å². The van der Waals surface area contributed by atoms with E-state index in [-0.39, 0.29) is 6.61 Å². The lowest BCUT2D eigenvalue weighted by Crippen LogP contribution is -2.28. The van der Waals surface area contributed by atoms with Crippen LogP contribution in [-0.4, -0.2) is 49.5 Å². The SMILES string of the molecule is COC(COCCSSC)C(=O)O. The Bertz CT molecular complexity index is 142. The second-order valence-corrected chi connectivity index (χ2v) is 4.81. The smallest absolute Gasteiger partial charge is 0.335 e. The fourth-order valence-electron chi connectivity index (χ4n) is 0.607. The number of ether oxygens (including phenoxy) is 2. The standard InChI is InChI=1S/C7H14O4S2/c1-10-6(7(8)9)5-11-3-4-13-12-2/h6H,3-5H2,1-2H3,(H,8,9). The first-order valence-corrected chi connectivity index (χ1v) is 6.44. The molecule has 0 heterocycles. The molecular formula is C7H14O4S2.